The predicted molar refractivity (Wildman–Crippen MR) is 78.5 cm³/mol. The molecule has 0 fully saturated rings. The van der Waals surface area contributed by atoms with Crippen molar-refractivity contribution in [1.29, 1.82) is 0 Å². The largest absolute Gasteiger partial charge is 0.508 e. The number of phenolic OH excluding ortho intramolecular Hbond substituents is 1. The Morgan fingerprint density at radius 3 is 2.20 bits per heavy atom. The van der Waals surface area contributed by atoms with Crippen LogP contribution in [0.1, 0.15) is 35.2 Å². The van der Waals surface area contributed by atoms with Gasteiger partial charge in [0, 0.05) is 11.5 Å². The highest BCUT2D eigenvalue weighted by molar-refractivity contribution is 6.01. The minimum Gasteiger partial charge on any atom is -0.508 e. The van der Waals surface area contributed by atoms with E-state index in [2.05, 4.69) is 0 Å². The lowest BCUT2D eigenvalue weighted by atomic mass is 9.88. The van der Waals surface area contributed by atoms with Crippen LogP contribution in [0.2, 0.25) is 0 Å². The van der Waals surface area contributed by atoms with E-state index in [1.807, 2.05) is 6.92 Å². The van der Waals surface area contributed by atoms with Gasteiger partial charge in [-0.15, -0.1) is 0 Å². The molecule has 0 radical (unpaired) electrons. The molecule has 0 amide bonds. The summed E-state index contributed by atoms with van der Waals surface area (Å²) in [6.45, 7) is 1.99. The molecule has 0 saturated heterocycles. The number of carbonyl (C=O) groups excluding carboxylic acids is 1. The van der Waals surface area contributed by atoms with Gasteiger partial charge in [-0.05, 0) is 48.4 Å². The van der Waals surface area contributed by atoms with Gasteiger partial charge in [-0.2, -0.15) is 0 Å². The molecular weight excluding hydrogens is 252 g/mol. The summed E-state index contributed by atoms with van der Waals surface area (Å²) >= 11 is 0. The molecule has 0 aliphatic rings. The summed E-state index contributed by atoms with van der Waals surface area (Å²) in [5, 5.41) is 9.33. The summed E-state index contributed by atoms with van der Waals surface area (Å²) in [4.78, 5) is 12.6. The highest BCUT2D eigenvalue weighted by atomic mass is 16.5. The fraction of sp³-hybridized carbons (Fsp3) is 0.235. The van der Waals surface area contributed by atoms with Gasteiger partial charge < -0.3 is 9.84 Å². The molecule has 2 aromatic rings. The summed E-state index contributed by atoms with van der Waals surface area (Å²) in [6, 6.07) is 14.0. The SMILES string of the molecule is CC[C@H](C(=O)c1ccc(OC)cc1)c1ccc(O)cc1. The van der Waals surface area contributed by atoms with Crippen molar-refractivity contribution in [2.75, 3.05) is 7.11 Å². The number of hydrogen-bond donors (Lipinski definition) is 1. The average Bonchev–Trinajstić information content (AvgIpc) is 2.50. The van der Waals surface area contributed by atoms with Gasteiger partial charge in [0.2, 0.25) is 0 Å². The molecule has 2 rings (SSSR count). The minimum absolute atomic E-state index is 0.0841. The van der Waals surface area contributed by atoms with Crippen molar-refractivity contribution >= 4 is 5.78 Å². The first kappa shape index (κ1) is 14.1. The van der Waals surface area contributed by atoms with Crippen LogP contribution in [0.3, 0.4) is 0 Å². The van der Waals surface area contributed by atoms with Gasteiger partial charge in [0.25, 0.3) is 0 Å². The molecule has 0 heterocycles. The van der Waals surface area contributed by atoms with Gasteiger partial charge in [0.15, 0.2) is 5.78 Å². The molecule has 0 aliphatic carbocycles. The quantitative estimate of drug-likeness (QED) is 0.841. The average molecular weight is 270 g/mol. The first-order chi connectivity index (χ1) is 9.65. The maximum Gasteiger partial charge on any atom is 0.170 e. The van der Waals surface area contributed by atoms with Crippen molar-refractivity contribution in [3.8, 4) is 11.5 Å². The summed E-state index contributed by atoms with van der Waals surface area (Å²) < 4.78 is 5.09. The highest BCUT2D eigenvalue weighted by Gasteiger charge is 2.20. The van der Waals surface area contributed by atoms with E-state index in [4.69, 9.17) is 4.74 Å². The number of Topliss-reactive ketones (excluding diaryl/α,β-unsaturated/α-hetero) is 1. The molecule has 1 N–H and O–H groups in total. The lowest BCUT2D eigenvalue weighted by Gasteiger charge is -2.14. The number of phenols is 1. The fourth-order valence-corrected chi connectivity index (χ4v) is 2.24. The van der Waals surface area contributed by atoms with Crippen molar-refractivity contribution in [3.63, 3.8) is 0 Å². The van der Waals surface area contributed by atoms with Crippen LogP contribution in [0, 0.1) is 0 Å². The van der Waals surface area contributed by atoms with Crippen LogP contribution in [-0.2, 0) is 0 Å². The molecule has 3 nitrogen and oxygen atoms in total. The third kappa shape index (κ3) is 2.99. The second-order valence-corrected chi connectivity index (χ2v) is 4.65. The number of rotatable bonds is 5. The molecule has 0 aromatic heterocycles. The molecule has 0 bridgehead atoms. The smallest absolute Gasteiger partial charge is 0.170 e. The third-order valence-corrected chi connectivity index (χ3v) is 3.39. The number of hydrogen-bond acceptors (Lipinski definition) is 3. The van der Waals surface area contributed by atoms with Gasteiger partial charge in [0.05, 0.1) is 7.11 Å². The molecule has 3 heteroatoms. The van der Waals surface area contributed by atoms with E-state index in [0.29, 0.717) is 5.56 Å². The van der Waals surface area contributed by atoms with E-state index in [1.165, 1.54) is 0 Å². The maximum absolute atomic E-state index is 12.6. The fourth-order valence-electron chi connectivity index (χ4n) is 2.24. The molecular formula is C17H18O3. The van der Waals surface area contributed by atoms with Crippen LogP contribution in [-0.4, -0.2) is 18.0 Å². The zero-order valence-electron chi connectivity index (χ0n) is 11.7. The van der Waals surface area contributed by atoms with E-state index in [0.717, 1.165) is 17.7 Å². The van der Waals surface area contributed by atoms with Crippen LogP contribution in [0.5, 0.6) is 11.5 Å². The predicted octanol–water partition coefficient (Wildman–Crippen LogP) is 3.78. The van der Waals surface area contributed by atoms with E-state index in [9.17, 15) is 9.90 Å². The lowest BCUT2D eigenvalue weighted by molar-refractivity contribution is 0.0957. The summed E-state index contributed by atoms with van der Waals surface area (Å²) in [5.74, 6) is 0.838. The standard InChI is InChI=1S/C17H18O3/c1-3-16(12-4-8-14(18)9-5-12)17(19)13-6-10-15(20-2)11-7-13/h4-11,16,18H,3H2,1-2H3/t16-/m0/s1. The number of ketones is 1. The molecule has 0 saturated carbocycles. The van der Waals surface area contributed by atoms with Crippen LogP contribution < -0.4 is 4.74 Å². The van der Waals surface area contributed by atoms with Crippen LogP contribution in [0.25, 0.3) is 0 Å². The molecule has 0 aliphatic heterocycles. The van der Waals surface area contributed by atoms with Crippen molar-refractivity contribution in [2.45, 2.75) is 19.3 Å². The normalized spacial score (nSPS) is 11.9. The van der Waals surface area contributed by atoms with Crippen molar-refractivity contribution in [1.82, 2.24) is 0 Å². The Hall–Kier alpha value is -2.29. The Morgan fingerprint density at radius 2 is 1.70 bits per heavy atom. The Bertz CT molecular complexity index is 570. The van der Waals surface area contributed by atoms with E-state index in [1.54, 1.807) is 55.6 Å². The maximum atomic E-state index is 12.6. The second kappa shape index (κ2) is 6.24. The zero-order valence-corrected chi connectivity index (χ0v) is 11.7. The first-order valence-electron chi connectivity index (χ1n) is 6.63. The number of ether oxygens (including phenoxy) is 1. The van der Waals surface area contributed by atoms with Crippen molar-refractivity contribution < 1.29 is 14.6 Å². The Labute approximate surface area is 118 Å². The number of carbonyl (C=O) groups is 1. The van der Waals surface area contributed by atoms with Crippen LogP contribution in [0.15, 0.2) is 48.5 Å². The lowest BCUT2D eigenvalue weighted by Crippen LogP contribution is -2.12. The molecule has 1 atom stereocenters. The Balaban J connectivity index is 2.26. The summed E-state index contributed by atoms with van der Waals surface area (Å²) in [6.07, 6.45) is 0.718. The molecule has 2 aromatic carbocycles. The molecule has 104 valence electrons. The second-order valence-electron chi connectivity index (χ2n) is 4.65. The third-order valence-electron chi connectivity index (χ3n) is 3.39. The van der Waals surface area contributed by atoms with E-state index >= 15 is 0 Å². The zero-order chi connectivity index (χ0) is 14.5. The Morgan fingerprint density at radius 1 is 1.10 bits per heavy atom. The Kier molecular flexibility index (Phi) is 4.41. The number of methoxy groups -OCH3 is 1. The van der Waals surface area contributed by atoms with E-state index < -0.39 is 0 Å². The number of aromatic hydroxyl groups is 1. The molecule has 0 unspecified atom stereocenters. The highest BCUT2D eigenvalue weighted by Crippen LogP contribution is 2.26. The summed E-state index contributed by atoms with van der Waals surface area (Å²) in [5.41, 5.74) is 1.59. The van der Waals surface area contributed by atoms with Crippen molar-refractivity contribution in [3.05, 3.63) is 59.7 Å². The van der Waals surface area contributed by atoms with Gasteiger partial charge in [0.1, 0.15) is 11.5 Å². The van der Waals surface area contributed by atoms with Gasteiger partial charge in [-0.3, -0.25) is 4.79 Å². The first-order valence-corrected chi connectivity index (χ1v) is 6.63. The monoisotopic (exact) mass is 270 g/mol. The van der Waals surface area contributed by atoms with Crippen LogP contribution >= 0.6 is 0 Å². The minimum atomic E-state index is -0.191. The topological polar surface area (TPSA) is 46.5 Å². The summed E-state index contributed by atoms with van der Waals surface area (Å²) in [7, 11) is 1.60. The van der Waals surface area contributed by atoms with Gasteiger partial charge in [-0.25, -0.2) is 0 Å². The number of benzene rings is 2. The van der Waals surface area contributed by atoms with E-state index in [-0.39, 0.29) is 17.5 Å². The van der Waals surface area contributed by atoms with Crippen LogP contribution in [0.4, 0.5) is 0 Å². The van der Waals surface area contributed by atoms with Gasteiger partial charge in [-0.1, -0.05) is 19.1 Å². The molecule has 20 heavy (non-hydrogen) atoms. The van der Waals surface area contributed by atoms with Gasteiger partial charge >= 0.3 is 0 Å². The molecule has 0 spiro atoms. The van der Waals surface area contributed by atoms with Crippen molar-refractivity contribution in [2.24, 2.45) is 0 Å².